The molecule has 132 valence electrons. The van der Waals surface area contributed by atoms with E-state index in [2.05, 4.69) is 6.07 Å². The summed E-state index contributed by atoms with van der Waals surface area (Å²) in [5.41, 5.74) is 3.47. The molecule has 4 heteroatoms. The van der Waals surface area contributed by atoms with Crippen LogP contribution in [-0.4, -0.2) is 23.1 Å². The summed E-state index contributed by atoms with van der Waals surface area (Å²) in [6.45, 7) is 12.4. The topological polar surface area (TPSA) is 61.2 Å². The number of carbonyl (C=O) groups excluding carboxylic acids is 2. The van der Waals surface area contributed by atoms with Crippen LogP contribution >= 0.6 is 0 Å². The fourth-order valence-electron chi connectivity index (χ4n) is 3.68. The molecule has 0 fully saturated rings. The predicted molar refractivity (Wildman–Crippen MR) is 97.8 cm³/mol. The molecule has 0 aliphatic carbocycles. The van der Waals surface area contributed by atoms with Gasteiger partial charge in [0.15, 0.2) is 5.78 Å². The molecule has 2 rings (SSSR count). The minimum Gasteiger partial charge on any atom is -0.315 e. The van der Waals surface area contributed by atoms with Gasteiger partial charge < -0.3 is 4.90 Å². The van der Waals surface area contributed by atoms with Crippen molar-refractivity contribution < 1.29 is 9.59 Å². The van der Waals surface area contributed by atoms with E-state index in [4.69, 9.17) is 0 Å². The van der Waals surface area contributed by atoms with Crippen LogP contribution in [0, 0.1) is 24.2 Å². The van der Waals surface area contributed by atoms with Gasteiger partial charge in [-0.25, -0.2) is 0 Å². The number of benzene rings is 1. The van der Waals surface area contributed by atoms with Gasteiger partial charge >= 0.3 is 0 Å². The molecule has 1 amide bonds. The van der Waals surface area contributed by atoms with E-state index in [1.54, 1.807) is 4.90 Å². The zero-order chi connectivity index (χ0) is 18.9. The molecule has 1 aromatic rings. The zero-order valence-corrected chi connectivity index (χ0v) is 15.9. The first-order chi connectivity index (χ1) is 11.6. The van der Waals surface area contributed by atoms with Crippen LogP contribution in [0.1, 0.15) is 57.7 Å². The van der Waals surface area contributed by atoms with E-state index in [0.717, 1.165) is 22.4 Å². The lowest BCUT2D eigenvalue weighted by Gasteiger charge is -2.41. The van der Waals surface area contributed by atoms with Crippen LogP contribution in [0.4, 0.5) is 0 Å². The molecule has 1 aliphatic heterocycles. The van der Waals surface area contributed by atoms with Crippen molar-refractivity contribution in [2.24, 2.45) is 5.92 Å². The molecule has 4 nitrogen and oxygen atoms in total. The Morgan fingerprint density at radius 1 is 1.24 bits per heavy atom. The first-order valence-corrected chi connectivity index (χ1v) is 8.73. The normalized spacial score (nSPS) is 15.8. The molecule has 0 aromatic heterocycles. The first kappa shape index (κ1) is 18.9. The van der Waals surface area contributed by atoms with Crippen LogP contribution in [0.2, 0.25) is 0 Å². The van der Waals surface area contributed by atoms with Gasteiger partial charge in [0.05, 0.1) is 18.1 Å². The molecule has 0 N–H and O–H groups in total. The quantitative estimate of drug-likeness (QED) is 0.783. The van der Waals surface area contributed by atoms with E-state index in [9.17, 15) is 14.9 Å². The molecule has 0 saturated heterocycles. The second-order valence-corrected chi connectivity index (χ2v) is 7.48. The number of amides is 1. The maximum atomic E-state index is 12.6. The Labute approximate surface area is 150 Å². The Morgan fingerprint density at radius 2 is 1.88 bits per heavy atom. The summed E-state index contributed by atoms with van der Waals surface area (Å²) >= 11 is 0. The van der Waals surface area contributed by atoms with Gasteiger partial charge in [-0.2, -0.15) is 5.26 Å². The Bertz CT molecular complexity index is 795. The third kappa shape index (κ3) is 3.37. The highest BCUT2D eigenvalue weighted by Crippen LogP contribution is 2.41. The monoisotopic (exact) mass is 338 g/mol. The number of hydrogen-bond acceptors (Lipinski definition) is 3. The number of rotatable bonds is 4. The summed E-state index contributed by atoms with van der Waals surface area (Å²) in [5, 5.41) is 9.30. The molecule has 0 spiro atoms. The van der Waals surface area contributed by atoms with Crippen LogP contribution in [0.25, 0.3) is 0 Å². The van der Waals surface area contributed by atoms with E-state index in [-0.39, 0.29) is 24.0 Å². The maximum Gasteiger partial charge on any atom is 0.234 e. The van der Waals surface area contributed by atoms with E-state index in [0.29, 0.717) is 12.1 Å². The predicted octanol–water partition coefficient (Wildman–Crippen LogP) is 3.88. The highest BCUT2D eigenvalue weighted by Gasteiger charge is 2.41. The van der Waals surface area contributed by atoms with Crippen LogP contribution in [-0.2, 0) is 15.0 Å². The first-order valence-electron chi connectivity index (χ1n) is 8.73. The van der Waals surface area contributed by atoms with Crippen molar-refractivity contribution in [2.75, 3.05) is 6.54 Å². The fraction of sp³-hybridized carbons (Fsp3) is 0.476. The molecule has 0 radical (unpaired) electrons. The summed E-state index contributed by atoms with van der Waals surface area (Å²) in [4.78, 5) is 26.9. The molecule has 1 aromatic carbocycles. The maximum absolute atomic E-state index is 12.6. The average molecular weight is 338 g/mol. The number of likely N-dealkylation sites (N-methyl/N-ethyl adjacent to an activating group) is 1. The number of aryl methyl sites for hydroxylation is 1. The second-order valence-electron chi connectivity index (χ2n) is 7.48. The number of hydrogen-bond donors (Lipinski definition) is 0. The number of ketones is 1. The highest BCUT2D eigenvalue weighted by molar-refractivity contribution is 6.11. The van der Waals surface area contributed by atoms with Gasteiger partial charge in [0.25, 0.3) is 0 Å². The SMILES string of the molecule is CCN1C(=O)CC(=O)C(C(C)C)=C1C(C)(C)c1cc(C)cc(C#N)c1. The largest absolute Gasteiger partial charge is 0.315 e. The molecule has 1 heterocycles. The van der Waals surface area contributed by atoms with Crippen molar-refractivity contribution in [3.63, 3.8) is 0 Å². The number of allylic oxidation sites excluding steroid dienone is 2. The fourth-order valence-corrected chi connectivity index (χ4v) is 3.68. The number of carbonyl (C=O) groups is 2. The zero-order valence-electron chi connectivity index (χ0n) is 15.9. The summed E-state index contributed by atoms with van der Waals surface area (Å²) < 4.78 is 0. The van der Waals surface area contributed by atoms with Gasteiger partial charge in [-0.05, 0) is 43.0 Å². The van der Waals surface area contributed by atoms with Gasteiger partial charge in [-0.3, -0.25) is 9.59 Å². The average Bonchev–Trinajstić information content (AvgIpc) is 2.53. The lowest BCUT2D eigenvalue weighted by molar-refractivity contribution is -0.135. The van der Waals surface area contributed by atoms with Crippen LogP contribution in [0.15, 0.2) is 29.5 Å². The van der Waals surface area contributed by atoms with E-state index >= 15 is 0 Å². The van der Waals surface area contributed by atoms with Gasteiger partial charge in [0.2, 0.25) is 5.91 Å². The van der Waals surface area contributed by atoms with Crippen molar-refractivity contribution in [1.29, 1.82) is 5.26 Å². The standard InChI is InChI=1S/C21H26N2O2/c1-7-23-18(25)11-17(24)19(13(2)3)20(23)21(5,6)16-9-14(4)8-15(10-16)12-22/h8-10,13H,7,11H2,1-6H3. The summed E-state index contributed by atoms with van der Waals surface area (Å²) in [5.74, 6) is -0.196. The van der Waals surface area contributed by atoms with Crippen LogP contribution in [0.5, 0.6) is 0 Å². The highest BCUT2D eigenvalue weighted by atomic mass is 16.2. The van der Waals surface area contributed by atoms with Crippen LogP contribution in [0.3, 0.4) is 0 Å². The number of nitriles is 1. The third-order valence-electron chi connectivity index (χ3n) is 4.85. The van der Waals surface area contributed by atoms with Crippen molar-refractivity contribution in [3.8, 4) is 6.07 Å². The van der Waals surface area contributed by atoms with Gasteiger partial charge in [0, 0.05) is 23.2 Å². The molecule has 0 unspecified atom stereocenters. The molecular weight excluding hydrogens is 312 g/mol. The molecule has 0 saturated carbocycles. The third-order valence-corrected chi connectivity index (χ3v) is 4.85. The molecule has 1 aliphatic rings. The van der Waals surface area contributed by atoms with Gasteiger partial charge in [-0.15, -0.1) is 0 Å². The Hall–Kier alpha value is -2.41. The lowest BCUT2D eigenvalue weighted by Crippen LogP contribution is -2.45. The molecule has 0 atom stereocenters. The van der Waals surface area contributed by atoms with Crippen molar-refractivity contribution >= 4 is 11.7 Å². The summed E-state index contributed by atoms with van der Waals surface area (Å²) in [6.07, 6.45) is -0.0573. The van der Waals surface area contributed by atoms with Crippen LogP contribution < -0.4 is 0 Å². The molecule has 25 heavy (non-hydrogen) atoms. The molecule has 0 bridgehead atoms. The molecular formula is C21H26N2O2. The van der Waals surface area contributed by atoms with E-state index < -0.39 is 5.41 Å². The van der Waals surface area contributed by atoms with Crippen molar-refractivity contribution in [1.82, 2.24) is 4.90 Å². The number of nitrogens with zero attached hydrogens (tertiary/aromatic N) is 2. The second kappa shape index (κ2) is 6.84. The van der Waals surface area contributed by atoms with E-state index in [1.165, 1.54) is 0 Å². The van der Waals surface area contributed by atoms with Crippen molar-refractivity contribution in [2.45, 2.75) is 53.4 Å². The van der Waals surface area contributed by atoms with E-state index in [1.807, 2.05) is 59.7 Å². The Morgan fingerprint density at radius 3 is 2.40 bits per heavy atom. The van der Waals surface area contributed by atoms with Gasteiger partial charge in [-0.1, -0.05) is 33.8 Å². The summed E-state index contributed by atoms with van der Waals surface area (Å²) in [7, 11) is 0. The lowest BCUT2D eigenvalue weighted by atomic mass is 9.74. The number of Topliss-reactive ketones (excluding diaryl/α,β-unsaturated/α-hetero) is 1. The minimum atomic E-state index is -0.557. The summed E-state index contributed by atoms with van der Waals surface area (Å²) in [6, 6.07) is 7.92. The van der Waals surface area contributed by atoms with Gasteiger partial charge in [0.1, 0.15) is 0 Å². The Balaban J connectivity index is 2.78. The smallest absolute Gasteiger partial charge is 0.234 e. The Kier molecular flexibility index (Phi) is 5.17. The minimum absolute atomic E-state index is 0.0316. The van der Waals surface area contributed by atoms with Crippen molar-refractivity contribution in [3.05, 3.63) is 46.2 Å².